The third-order valence-electron chi connectivity index (χ3n) is 13.4. The number of hydrogen-bond acceptors (Lipinski definition) is 2. The molecule has 0 saturated carbocycles. The minimum absolute atomic E-state index is 0.518. The number of aromatic nitrogens is 1. The zero-order chi connectivity index (χ0) is 42.2. The molecule has 0 saturated heterocycles. The number of para-hydroxylation sites is 3. The Bertz CT molecular complexity index is 3680. The Labute approximate surface area is 376 Å². The number of fused-ring (bicyclic) bond motifs is 9. The second-order valence-corrected chi connectivity index (χ2v) is 17.9. The van der Waals surface area contributed by atoms with Crippen molar-refractivity contribution in [3.8, 4) is 27.9 Å². The summed E-state index contributed by atoms with van der Waals surface area (Å²) >= 11 is 1.88. The maximum Gasteiger partial charge on any atom is 0.0714 e. The lowest BCUT2D eigenvalue weighted by molar-refractivity contribution is 0.768. The van der Waals surface area contributed by atoms with Crippen LogP contribution in [0.2, 0.25) is 0 Å². The number of nitrogens with zero attached hydrogens (tertiary/aromatic N) is 2. The molecular formula is C61H40N2S. The normalized spacial score (nSPS) is 12.8. The van der Waals surface area contributed by atoms with E-state index in [1.807, 2.05) is 11.3 Å². The molecule has 2 heterocycles. The molecule has 0 atom stereocenters. The van der Waals surface area contributed by atoms with Crippen LogP contribution in [0.1, 0.15) is 22.3 Å². The van der Waals surface area contributed by atoms with Crippen molar-refractivity contribution in [2.75, 3.05) is 4.90 Å². The molecule has 0 radical (unpaired) electrons. The molecule has 0 unspecified atom stereocenters. The van der Waals surface area contributed by atoms with Gasteiger partial charge in [0.15, 0.2) is 0 Å². The van der Waals surface area contributed by atoms with Gasteiger partial charge in [-0.05, 0) is 117 Å². The van der Waals surface area contributed by atoms with Crippen LogP contribution in [0.3, 0.4) is 0 Å². The molecule has 0 aliphatic heterocycles. The van der Waals surface area contributed by atoms with Crippen LogP contribution in [0, 0.1) is 0 Å². The SMILES string of the molecule is c1ccc(N(c2ccc3c(c2)C(c2ccccc2)(c2ccccc2)c2ccccc2-3)c2cc(-c3ccc4c(c3)c3ccccc3n4-c3ccccc3)cc3c2sc2ccccc23)cc1. The third-order valence-corrected chi connectivity index (χ3v) is 14.6. The average molecular weight is 833 g/mol. The summed E-state index contributed by atoms with van der Waals surface area (Å²) in [6, 6.07) is 89.6. The van der Waals surface area contributed by atoms with Gasteiger partial charge in [0.1, 0.15) is 0 Å². The summed E-state index contributed by atoms with van der Waals surface area (Å²) < 4.78 is 4.93. The van der Waals surface area contributed by atoms with Crippen molar-refractivity contribution in [3.63, 3.8) is 0 Å². The molecule has 64 heavy (non-hydrogen) atoms. The van der Waals surface area contributed by atoms with Gasteiger partial charge in [-0.25, -0.2) is 0 Å². The van der Waals surface area contributed by atoms with Gasteiger partial charge in [0.25, 0.3) is 0 Å². The third kappa shape index (κ3) is 5.44. The lowest BCUT2D eigenvalue weighted by atomic mass is 9.67. The molecule has 10 aromatic carbocycles. The molecule has 13 rings (SSSR count). The quantitative estimate of drug-likeness (QED) is 0.155. The molecule has 1 aliphatic rings. The molecule has 300 valence electrons. The molecule has 3 heteroatoms. The van der Waals surface area contributed by atoms with Crippen LogP contribution in [0.5, 0.6) is 0 Å². The van der Waals surface area contributed by atoms with E-state index >= 15 is 0 Å². The Morgan fingerprint density at radius 3 is 1.73 bits per heavy atom. The fraction of sp³-hybridized carbons (Fsp3) is 0.0164. The Hall–Kier alpha value is -7.98. The largest absolute Gasteiger partial charge is 0.309 e. The van der Waals surface area contributed by atoms with Gasteiger partial charge in [-0.2, -0.15) is 0 Å². The van der Waals surface area contributed by atoms with E-state index in [1.165, 1.54) is 86.5 Å². The van der Waals surface area contributed by atoms with E-state index in [9.17, 15) is 0 Å². The van der Waals surface area contributed by atoms with E-state index in [0.717, 1.165) is 22.7 Å². The maximum atomic E-state index is 2.50. The van der Waals surface area contributed by atoms with Crippen LogP contribution in [-0.4, -0.2) is 4.57 Å². The summed E-state index contributed by atoms with van der Waals surface area (Å²) in [5, 5.41) is 5.02. The molecule has 0 amide bonds. The zero-order valence-electron chi connectivity index (χ0n) is 34.9. The first-order valence-electron chi connectivity index (χ1n) is 22.0. The van der Waals surface area contributed by atoms with Gasteiger partial charge >= 0.3 is 0 Å². The first kappa shape index (κ1) is 36.7. The standard InChI is InChI=1S/C61H40N2S/c1-5-19-43(20-6-1)61(44-21-7-2-8-22-44)54-30-16-13-27-48(54)49-35-34-47(40-55(49)61)62(45-23-9-3-10-24-45)58-39-42(38-53-51-29-15-18-32-59(51)64-60(53)58)41-33-36-57-52(37-41)50-28-14-17-31-56(50)63(57)46-25-11-4-12-26-46/h1-40H. The highest BCUT2D eigenvalue weighted by atomic mass is 32.1. The van der Waals surface area contributed by atoms with Gasteiger partial charge in [-0.15, -0.1) is 11.3 Å². The van der Waals surface area contributed by atoms with E-state index in [1.54, 1.807) is 0 Å². The maximum absolute atomic E-state index is 2.50. The second kappa shape index (κ2) is 14.6. The summed E-state index contributed by atoms with van der Waals surface area (Å²) in [5.74, 6) is 0. The van der Waals surface area contributed by atoms with Crippen LogP contribution in [0.15, 0.2) is 243 Å². The van der Waals surface area contributed by atoms with E-state index < -0.39 is 5.41 Å². The van der Waals surface area contributed by atoms with E-state index in [4.69, 9.17) is 0 Å². The molecule has 12 aromatic rings. The van der Waals surface area contributed by atoms with Gasteiger partial charge in [0, 0.05) is 43.3 Å². The Morgan fingerprint density at radius 2 is 0.969 bits per heavy atom. The first-order chi connectivity index (χ1) is 31.8. The highest BCUT2D eigenvalue weighted by Gasteiger charge is 2.46. The molecule has 0 spiro atoms. The Morgan fingerprint density at radius 1 is 0.375 bits per heavy atom. The van der Waals surface area contributed by atoms with Crippen molar-refractivity contribution in [2.45, 2.75) is 5.41 Å². The average Bonchev–Trinajstić information content (AvgIpc) is 4.01. The topological polar surface area (TPSA) is 8.17 Å². The number of anilines is 3. The lowest BCUT2D eigenvalue weighted by Crippen LogP contribution is -2.28. The van der Waals surface area contributed by atoms with Crippen LogP contribution in [0.4, 0.5) is 17.1 Å². The van der Waals surface area contributed by atoms with Gasteiger partial charge in [-0.3, -0.25) is 0 Å². The van der Waals surface area contributed by atoms with Crippen LogP contribution in [-0.2, 0) is 5.41 Å². The molecular weight excluding hydrogens is 793 g/mol. The molecule has 2 aromatic heterocycles. The monoisotopic (exact) mass is 832 g/mol. The number of hydrogen-bond donors (Lipinski definition) is 0. The fourth-order valence-corrected chi connectivity index (χ4v) is 11.9. The highest BCUT2D eigenvalue weighted by Crippen LogP contribution is 2.58. The number of thiophene rings is 1. The van der Waals surface area contributed by atoms with Crippen molar-refractivity contribution in [3.05, 3.63) is 265 Å². The second-order valence-electron chi connectivity index (χ2n) is 16.8. The van der Waals surface area contributed by atoms with Gasteiger partial charge in [0.05, 0.1) is 26.8 Å². The van der Waals surface area contributed by atoms with Crippen LogP contribution < -0.4 is 4.90 Å². The highest BCUT2D eigenvalue weighted by molar-refractivity contribution is 7.26. The van der Waals surface area contributed by atoms with Crippen LogP contribution in [0.25, 0.3) is 69.9 Å². The minimum Gasteiger partial charge on any atom is -0.309 e. The molecule has 0 fully saturated rings. The molecule has 1 aliphatic carbocycles. The summed E-state index contributed by atoms with van der Waals surface area (Å²) in [7, 11) is 0. The van der Waals surface area contributed by atoms with Crippen LogP contribution >= 0.6 is 11.3 Å². The smallest absolute Gasteiger partial charge is 0.0714 e. The molecule has 0 bridgehead atoms. The molecule has 2 nitrogen and oxygen atoms in total. The molecule has 0 N–H and O–H groups in total. The fourth-order valence-electron chi connectivity index (χ4n) is 10.7. The summed E-state index contributed by atoms with van der Waals surface area (Å²) in [6.07, 6.45) is 0. The predicted molar refractivity (Wildman–Crippen MR) is 271 cm³/mol. The minimum atomic E-state index is -0.518. The summed E-state index contributed by atoms with van der Waals surface area (Å²) in [5.41, 5.74) is 16.5. The Balaban J connectivity index is 1.08. The van der Waals surface area contributed by atoms with E-state index in [2.05, 4.69) is 252 Å². The van der Waals surface area contributed by atoms with Crippen molar-refractivity contribution in [2.24, 2.45) is 0 Å². The lowest BCUT2D eigenvalue weighted by Gasteiger charge is -2.35. The van der Waals surface area contributed by atoms with Gasteiger partial charge in [0.2, 0.25) is 0 Å². The summed E-state index contributed by atoms with van der Waals surface area (Å²) in [4.78, 5) is 2.50. The van der Waals surface area contributed by atoms with E-state index in [0.29, 0.717) is 0 Å². The van der Waals surface area contributed by atoms with E-state index in [-0.39, 0.29) is 0 Å². The number of rotatable bonds is 7. The van der Waals surface area contributed by atoms with Gasteiger partial charge < -0.3 is 9.47 Å². The van der Waals surface area contributed by atoms with Gasteiger partial charge in [-0.1, -0.05) is 170 Å². The van der Waals surface area contributed by atoms with Crippen molar-refractivity contribution >= 4 is 70.4 Å². The zero-order valence-corrected chi connectivity index (χ0v) is 35.7. The predicted octanol–water partition coefficient (Wildman–Crippen LogP) is 16.7. The number of benzene rings is 10. The van der Waals surface area contributed by atoms with Crippen molar-refractivity contribution < 1.29 is 0 Å². The van der Waals surface area contributed by atoms with Crippen molar-refractivity contribution in [1.29, 1.82) is 0 Å². The Kier molecular flexibility index (Phi) is 8.34. The summed E-state index contributed by atoms with van der Waals surface area (Å²) in [6.45, 7) is 0. The van der Waals surface area contributed by atoms with Crippen molar-refractivity contribution in [1.82, 2.24) is 4.57 Å². The first-order valence-corrected chi connectivity index (χ1v) is 22.8.